The van der Waals surface area contributed by atoms with Crippen molar-refractivity contribution in [3.63, 3.8) is 0 Å². The molecule has 2 atom stereocenters. The zero-order chi connectivity index (χ0) is 19.1. The van der Waals surface area contributed by atoms with Gasteiger partial charge in [-0.05, 0) is 33.6 Å². The van der Waals surface area contributed by atoms with Gasteiger partial charge in [-0.25, -0.2) is 18.4 Å². The van der Waals surface area contributed by atoms with Gasteiger partial charge >= 0.3 is 0 Å². The van der Waals surface area contributed by atoms with Crippen LogP contribution in [0.2, 0.25) is 5.02 Å². The van der Waals surface area contributed by atoms with Crippen molar-refractivity contribution >= 4 is 21.4 Å². The Morgan fingerprint density at radius 3 is 2.46 bits per heavy atom. The average Bonchev–Trinajstić information content (AvgIpc) is 3.21. The highest BCUT2D eigenvalue weighted by atomic mass is 35.5. The fourth-order valence-corrected chi connectivity index (χ4v) is 4.60. The summed E-state index contributed by atoms with van der Waals surface area (Å²) in [5.74, 6) is 1.26. The summed E-state index contributed by atoms with van der Waals surface area (Å²) in [6.07, 6.45) is 4.03. The lowest BCUT2D eigenvalue weighted by molar-refractivity contribution is 0.0948. The summed E-state index contributed by atoms with van der Waals surface area (Å²) < 4.78 is 33.3. The highest BCUT2D eigenvalue weighted by Gasteiger charge is 2.43. The van der Waals surface area contributed by atoms with Crippen molar-refractivity contribution in [2.24, 2.45) is 0 Å². The molecule has 0 amide bonds. The molecule has 0 spiro atoms. The number of aromatic nitrogens is 5. The zero-order valence-corrected chi connectivity index (χ0v) is 16.8. The van der Waals surface area contributed by atoms with E-state index in [4.69, 9.17) is 16.3 Å². The molecule has 1 fully saturated rings. The third-order valence-corrected chi connectivity index (χ3v) is 7.11. The first-order chi connectivity index (χ1) is 12.2. The minimum Gasteiger partial charge on any atom is -0.372 e. The topological polar surface area (TPSA) is 99.9 Å². The largest absolute Gasteiger partial charge is 0.372 e. The lowest BCUT2D eigenvalue weighted by Crippen LogP contribution is -2.31. The highest BCUT2D eigenvalue weighted by molar-refractivity contribution is 7.91. The molecule has 10 heteroatoms. The highest BCUT2D eigenvalue weighted by Crippen LogP contribution is 2.44. The van der Waals surface area contributed by atoms with Crippen molar-refractivity contribution in [1.29, 1.82) is 0 Å². The van der Waals surface area contributed by atoms with Crippen LogP contribution in [0.25, 0.3) is 0 Å². The van der Waals surface area contributed by atoms with Crippen molar-refractivity contribution in [1.82, 2.24) is 24.7 Å². The van der Waals surface area contributed by atoms with Gasteiger partial charge in [0.05, 0.1) is 10.3 Å². The van der Waals surface area contributed by atoms with Gasteiger partial charge < -0.3 is 9.30 Å². The Bertz CT molecular complexity index is 893. The monoisotopic (exact) mass is 399 g/mol. The van der Waals surface area contributed by atoms with Crippen LogP contribution < -0.4 is 0 Å². The Balaban J connectivity index is 1.87. The number of hydrogen-bond acceptors (Lipinski definition) is 7. The number of sulfone groups is 1. The van der Waals surface area contributed by atoms with Crippen molar-refractivity contribution in [2.45, 2.75) is 56.3 Å². The van der Waals surface area contributed by atoms with Crippen molar-refractivity contribution < 1.29 is 13.2 Å². The first-order valence-corrected chi connectivity index (χ1v) is 10.4. The molecule has 0 saturated heterocycles. The van der Waals surface area contributed by atoms with Crippen molar-refractivity contribution in [3.05, 3.63) is 34.9 Å². The Kier molecular flexibility index (Phi) is 5.06. The second-order valence-electron chi connectivity index (χ2n) is 6.92. The predicted molar refractivity (Wildman–Crippen MR) is 96.5 cm³/mol. The van der Waals surface area contributed by atoms with Crippen LogP contribution in [0, 0.1) is 6.92 Å². The summed E-state index contributed by atoms with van der Waals surface area (Å²) in [5, 5.41) is 7.70. The van der Waals surface area contributed by atoms with E-state index in [2.05, 4.69) is 27.1 Å². The Labute approximate surface area is 157 Å². The van der Waals surface area contributed by atoms with E-state index >= 15 is 0 Å². The van der Waals surface area contributed by atoms with E-state index in [1.165, 1.54) is 19.5 Å². The molecular weight excluding hydrogens is 378 g/mol. The van der Waals surface area contributed by atoms with Crippen LogP contribution in [0.15, 0.2) is 12.4 Å². The first-order valence-electron chi connectivity index (χ1n) is 8.31. The zero-order valence-electron chi connectivity index (χ0n) is 15.2. The molecule has 0 aliphatic heterocycles. The van der Waals surface area contributed by atoms with E-state index in [0.29, 0.717) is 10.8 Å². The molecule has 142 valence electrons. The van der Waals surface area contributed by atoms with E-state index in [-0.39, 0.29) is 17.1 Å². The minimum atomic E-state index is -3.59. The molecule has 0 aromatic carbocycles. The molecule has 1 aliphatic carbocycles. The van der Waals surface area contributed by atoms with E-state index in [1.807, 2.05) is 11.5 Å². The first kappa shape index (κ1) is 19.2. The van der Waals surface area contributed by atoms with Crippen molar-refractivity contribution in [3.8, 4) is 0 Å². The lowest BCUT2D eigenvalue weighted by atomic mass is 10.2. The number of aryl methyl sites for hydroxylation is 1. The summed E-state index contributed by atoms with van der Waals surface area (Å²) in [5.41, 5.74) is -0.0817. The van der Waals surface area contributed by atoms with E-state index in [1.54, 1.807) is 6.92 Å². The van der Waals surface area contributed by atoms with Gasteiger partial charge in [0.1, 0.15) is 23.5 Å². The summed E-state index contributed by atoms with van der Waals surface area (Å²) in [6, 6.07) is 0. The number of ether oxygens (including phenoxy) is 1. The molecule has 1 saturated carbocycles. The summed E-state index contributed by atoms with van der Waals surface area (Å²) in [6.45, 7) is 5.52. The number of hydrogen-bond donors (Lipinski definition) is 0. The quantitative estimate of drug-likeness (QED) is 0.703. The molecule has 0 radical (unpaired) electrons. The van der Waals surface area contributed by atoms with Crippen molar-refractivity contribution in [2.75, 3.05) is 7.11 Å². The lowest BCUT2D eigenvalue weighted by Gasteiger charge is -2.22. The van der Waals surface area contributed by atoms with E-state index in [0.717, 1.165) is 18.7 Å². The third kappa shape index (κ3) is 3.60. The van der Waals surface area contributed by atoms with Crippen LogP contribution in [0.4, 0.5) is 0 Å². The molecule has 3 rings (SSSR count). The molecular formula is C16H22ClN5O3S. The molecule has 0 N–H and O–H groups in total. The Hall–Kier alpha value is -1.58. The summed E-state index contributed by atoms with van der Waals surface area (Å²) in [7, 11) is -2.15. The SMILES string of the molecule is CO[C@H](c1ncc(Cl)cn1)[C@H](C)S(=O)(=O)Cc1nnc(C)n1C1(C)CC1. The number of nitrogens with zero attached hydrogens (tertiary/aromatic N) is 5. The standard InChI is InChI=1S/C16H22ClN5O3S/c1-10(14(25-4)15-18-7-12(17)8-19-15)26(23,24)9-13-21-20-11(2)22(13)16(3)5-6-16/h7-8,10,14H,5-6,9H2,1-4H3/t10-,14-/m0/s1. The maximum Gasteiger partial charge on any atom is 0.163 e. The molecule has 0 unspecified atom stereocenters. The Morgan fingerprint density at radius 1 is 1.31 bits per heavy atom. The second kappa shape index (κ2) is 6.86. The minimum absolute atomic E-state index is 0.0817. The number of methoxy groups -OCH3 is 1. The van der Waals surface area contributed by atoms with Gasteiger partial charge in [0, 0.05) is 25.0 Å². The van der Waals surface area contributed by atoms with Gasteiger partial charge in [0.25, 0.3) is 0 Å². The number of halogens is 1. The van der Waals surface area contributed by atoms with Crippen LogP contribution in [0.1, 0.15) is 50.3 Å². The summed E-state index contributed by atoms with van der Waals surface area (Å²) in [4.78, 5) is 8.19. The van der Waals surface area contributed by atoms with Gasteiger partial charge in [-0.2, -0.15) is 0 Å². The maximum atomic E-state index is 13.0. The van der Waals surface area contributed by atoms with Gasteiger partial charge in [-0.3, -0.25) is 0 Å². The number of rotatable bonds is 7. The molecule has 0 bridgehead atoms. The normalized spacial score (nSPS) is 18.5. The third-order valence-electron chi connectivity index (χ3n) is 4.88. The molecule has 2 heterocycles. The van der Waals surface area contributed by atoms with E-state index in [9.17, 15) is 8.42 Å². The van der Waals surface area contributed by atoms with Crippen LogP contribution in [0.3, 0.4) is 0 Å². The predicted octanol–water partition coefficient (Wildman–Crippen LogP) is 2.23. The van der Waals surface area contributed by atoms with Gasteiger partial charge in [-0.15, -0.1) is 10.2 Å². The molecule has 26 heavy (non-hydrogen) atoms. The smallest absolute Gasteiger partial charge is 0.163 e. The molecule has 2 aromatic heterocycles. The van der Waals surface area contributed by atoms with Crippen LogP contribution in [-0.2, 0) is 25.9 Å². The maximum absolute atomic E-state index is 13.0. The fourth-order valence-electron chi connectivity index (χ4n) is 3.08. The molecule has 1 aliphatic rings. The fraction of sp³-hybridized carbons (Fsp3) is 0.625. The van der Waals surface area contributed by atoms with Gasteiger partial charge in [-0.1, -0.05) is 11.6 Å². The van der Waals surface area contributed by atoms with Crippen LogP contribution >= 0.6 is 11.6 Å². The average molecular weight is 400 g/mol. The van der Waals surface area contributed by atoms with Gasteiger partial charge in [0.15, 0.2) is 15.7 Å². The second-order valence-corrected chi connectivity index (χ2v) is 9.72. The molecule has 2 aromatic rings. The van der Waals surface area contributed by atoms with Crippen LogP contribution in [-0.4, -0.2) is 45.5 Å². The Morgan fingerprint density at radius 2 is 1.92 bits per heavy atom. The molecule has 8 nitrogen and oxygen atoms in total. The van der Waals surface area contributed by atoms with E-state index < -0.39 is 21.2 Å². The van der Waals surface area contributed by atoms with Gasteiger partial charge in [0.2, 0.25) is 0 Å². The van der Waals surface area contributed by atoms with Crippen LogP contribution in [0.5, 0.6) is 0 Å². The summed E-state index contributed by atoms with van der Waals surface area (Å²) >= 11 is 5.80.